The molecule has 26 heavy (non-hydrogen) atoms. The number of aromatic hydroxyl groups is 1. The molecule has 2 aromatic carbocycles. The second-order valence-electron chi connectivity index (χ2n) is 5.74. The van der Waals surface area contributed by atoms with E-state index < -0.39 is 16.0 Å². The van der Waals surface area contributed by atoms with Gasteiger partial charge in [-0.1, -0.05) is 6.92 Å². The van der Waals surface area contributed by atoms with Gasteiger partial charge >= 0.3 is 5.97 Å². The molecule has 0 heterocycles. The highest BCUT2D eigenvalue weighted by Gasteiger charge is 2.16. The minimum absolute atomic E-state index is 0.154. The van der Waals surface area contributed by atoms with Crippen LogP contribution in [-0.4, -0.2) is 30.6 Å². The zero-order valence-corrected chi connectivity index (χ0v) is 15.2. The lowest BCUT2D eigenvalue weighted by Gasteiger charge is -2.13. The Morgan fingerprint density at radius 3 is 2.23 bits per heavy atom. The summed E-state index contributed by atoms with van der Waals surface area (Å²) in [5.41, 5.74) is 6.41. The number of nitrogens with one attached hydrogen (secondary N) is 3. The molecule has 0 fully saturated rings. The van der Waals surface area contributed by atoms with Crippen LogP contribution in [0, 0.1) is 0 Å². The van der Waals surface area contributed by atoms with E-state index in [1.165, 1.54) is 30.3 Å². The monoisotopic (exact) mass is 379 g/mol. The number of anilines is 2. The average Bonchev–Trinajstić information content (AvgIpc) is 2.60. The zero-order valence-electron chi connectivity index (χ0n) is 14.4. The average molecular weight is 379 g/mol. The lowest BCUT2D eigenvalue weighted by atomic mass is 10.2. The van der Waals surface area contributed by atoms with Crippen molar-refractivity contribution >= 4 is 27.4 Å². The van der Waals surface area contributed by atoms with Crippen LogP contribution < -0.4 is 15.6 Å². The largest absolute Gasteiger partial charge is 0.507 e. The summed E-state index contributed by atoms with van der Waals surface area (Å²) in [6.07, 6.45) is 0.688. The predicted molar refractivity (Wildman–Crippen MR) is 98.8 cm³/mol. The van der Waals surface area contributed by atoms with E-state index in [1.54, 1.807) is 19.1 Å². The first kappa shape index (κ1) is 19.5. The molecule has 5 N–H and O–H groups in total. The van der Waals surface area contributed by atoms with Gasteiger partial charge in [0.1, 0.15) is 11.3 Å². The fraction of sp³-hybridized carbons (Fsp3) is 0.235. The summed E-state index contributed by atoms with van der Waals surface area (Å²) in [4.78, 5) is 11.2. The molecule has 0 saturated carbocycles. The Kier molecular flexibility index (Phi) is 6.06. The lowest BCUT2D eigenvalue weighted by Crippen LogP contribution is -2.31. The molecule has 0 aliphatic carbocycles. The number of carbonyl (C=O) groups is 1. The molecule has 0 bridgehead atoms. The fourth-order valence-corrected chi connectivity index (χ4v) is 3.39. The number of sulfonamides is 1. The van der Waals surface area contributed by atoms with E-state index in [1.807, 2.05) is 6.92 Å². The van der Waals surface area contributed by atoms with Crippen molar-refractivity contribution < 1.29 is 23.4 Å². The van der Waals surface area contributed by atoms with Gasteiger partial charge in [0.05, 0.1) is 16.3 Å². The van der Waals surface area contributed by atoms with Crippen LogP contribution in [0.3, 0.4) is 0 Å². The first-order valence-electron chi connectivity index (χ1n) is 7.93. The van der Waals surface area contributed by atoms with E-state index >= 15 is 0 Å². The van der Waals surface area contributed by atoms with Crippen LogP contribution in [0.5, 0.6) is 5.75 Å². The number of rotatable bonds is 8. The van der Waals surface area contributed by atoms with Crippen molar-refractivity contribution in [3.63, 3.8) is 0 Å². The van der Waals surface area contributed by atoms with Crippen LogP contribution in [0.15, 0.2) is 47.4 Å². The van der Waals surface area contributed by atoms with Crippen molar-refractivity contribution in [2.24, 2.45) is 0 Å². The Balaban J connectivity index is 2.06. The maximum Gasteiger partial charge on any atom is 0.339 e. The molecule has 8 nitrogen and oxygen atoms in total. The maximum absolute atomic E-state index is 12.2. The number of benzene rings is 2. The van der Waals surface area contributed by atoms with Crippen LogP contribution in [0.2, 0.25) is 0 Å². The summed E-state index contributed by atoms with van der Waals surface area (Å²) in [6, 6.07) is 9.99. The summed E-state index contributed by atoms with van der Waals surface area (Å²) < 4.78 is 27.0. The SMILES string of the molecule is CCC(C)NS(=O)(=O)c1ccc(NNc2ccc(O)c(C(=O)O)c2)cc1. The van der Waals surface area contributed by atoms with Crippen molar-refractivity contribution in [3.05, 3.63) is 48.0 Å². The number of carboxylic acids is 1. The summed E-state index contributed by atoms with van der Waals surface area (Å²) >= 11 is 0. The molecule has 0 amide bonds. The highest BCUT2D eigenvalue weighted by atomic mass is 32.2. The molecule has 9 heteroatoms. The third-order valence-electron chi connectivity index (χ3n) is 3.71. The molecule has 0 aromatic heterocycles. The van der Waals surface area contributed by atoms with E-state index in [0.717, 1.165) is 0 Å². The second kappa shape index (κ2) is 8.07. The highest BCUT2D eigenvalue weighted by Crippen LogP contribution is 2.22. The molecule has 0 radical (unpaired) electrons. The Morgan fingerprint density at radius 2 is 1.65 bits per heavy atom. The fourth-order valence-electron chi connectivity index (χ4n) is 2.06. The van der Waals surface area contributed by atoms with Crippen molar-refractivity contribution in [2.45, 2.75) is 31.2 Å². The van der Waals surface area contributed by atoms with E-state index in [9.17, 15) is 18.3 Å². The molecule has 2 aromatic rings. The van der Waals surface area contributed by atoms with Gasteiger partial charge in [-0.05, 0) is 55.8 Å². The third kappa shape index (κ3) is 4.87. The lowest BCUT2D eigenvalue weighted by molar-refractivity contribution is 0.0693. The van der Waals surface area contributed by atoms with E-state index in [-0.39, 0.29) is 22.3 Å². The number of aromatic carboxylic acids is 1. The minimum Gasteiger partial charge on any atom is -0.507 e. The van der Waals surface area contributed by atoms with Crippen molar-refractivity contribution in [2.75, 3.05) is 10.9 Å². The number of hydrogen-bond donors (Lipinski definition) is 5. The van der Waals surface area contributed by atoms with Gasteiger partial charge in [0.25, 0.3) is 0 Å². The number of hydrogen-bond acceptors (Lipinski definition) is 6. The normalized spacial score (nSPS) is 12.4. The van der Waals surface area contributed by atoms with Gasteiger partial charge in [0.2, 0.25) is 10.0 Å². The van der Waals surface area contributed by atoms with Gasteiger partial charge in [0.15, 0.2) is 0 Å². The van der Waals surface area contributed by atoms with Gasteiger partial charge < -0.3 is 21.1 Å². The Bertz CT molecular complexity index is 882. The van der Waals surface area contributed by atoms with Crippen LogP contribution in [0.4, 0.5) is 11.4 Å². The van der Waals surface area contributed by atoms with E-state index in [2.05, 4.69) is 15.6 Å². The topological polar surface area (TPSA) is 128 Å². The number of carboxylic acid groups (broad SMARTS) is 1. The first-order valence-corrected chi connectivity index (χ1v) is 9.42. The summed E-state index contributed by atoms with van der Waals surface area (Å²) in [6.45, 7) is 3.69. The van der Waals surface area contributed by atoms with Crippen LogP contribution >= 0.6 is 0 Å². The molecule has 1 atom stereocenters. The highest BCUT2D eigenvalue weighted by molar-refractivity contribution is 7.89. The molecule has 2 rings (SSSR count). The minimum atomic E-state index is -3.57. The van der Waals surface area contributed by atoms with Gasteiger partial charge in [-0.15, -0.1) is 0 Å². The molecule has 0 saturated heterocycles. The molecule has 140 valence electrons. The van der Waals surface area contributed by atoms with Crippen molar-refractivity contribution in [1.82, 2.24) is 4.72 Å². The van der Waals surface area contributed by atoms with Gasteiger partial charge in [-0.2, -0.15) is 0 Å². The molecule has 1 unspecified atom stereocenters. The van der Waals surface area contributed by atoms with E-state index in [0.29, 0.717) is 17.8 Å². The standard InChI is InChI=1S/C17H21N3O5S/c1-3-11(2)20-26(24,25)14-7-4-12(5-8-14)18-19-13-6-9-16(21)15(10-13)17(22)23/h4-11,18-21H,3H2,1-2H3,(H,22,23). The molecule has 0 spiro atoms. The number of phenols is 1. The third-order valence-corrected chi connectivity index (χ3v) is 5.32. The maximum atomic E-state index is 12.2. The second-order valence-corrected chi connectivity index (χ2v) is 7.46. The quantitative estimate of drug-likeness (QED) is 0.352. The van der Waals surface area contributed by atoms with Gasteiger partial charge in [-0.3, -0.25) is 0 Å². The van der Waals surface area contributed by atoms with Crippen molar-refractivity contribution in [3.8, 4) is 5.75 Å². The predicted octanol–water partition coefficient (Wildman–Crippen LogP) is 2.61. The first-order chi connectivity index (χ1) is 12.2. The van der Waals surface area contributed by atoms with Crippen LogP contribution in [0.25, 0.3) is 0 Å². The Labute approximate surface area is 151 Å². The Hall–Kier alpha value is -2.78. The molecule has 0 aliphatic rings. The van der Waals surface area contributed by atoms with Gasteiger partial charge in [-0.25, -0.2) is 17.9 Å². The molecular formula is C17H21N3O5S. The van der Waals surface area contributed by atoms with Crippen LogP contribution in [-0.2, 0) is 10.0 Å². The van der Waals surface area contributed by atoms with Crippen LogP contribution in [0.1, 0.15) is 30.6 Å². The number of hydrazine groups is 1. The molecule has 0 aliphatic heterocycles. The molecular weight excluding hydrogens is 358 g/mol. The van der Waals surface area contributed by atoms with Crippen molar-refractivity contribution in [1.29, 1.82) is 0 Å². The van der Waals surface area contributed by atoms with Gasteiger partial charge in [0, 0.05) is 6.04 Å². The Morgan fingerprint density at radius 1 is 1.08 bits per heavy atom. The zero-order chi connectivity index (χ0) is 19.3. The smallest absolute Gasteiger partial charge is 0.339 e. The summed E-state index contributed by atoms with van der Waals surface area (Å²) in [5, 5.41) is 18.5. The summed E-state index contributed by atoms with van der Waals surface area (Å²) in [5.74, 6) is -1.57. The summed E-state index contributed by atoms with van der Waals surface area (Å²) in [7, 11) is -3.57. The van der Waals surface area contributed by atoms with E-state index in [4.69, 9.17) is 5.11 Å².